The Morgan fingerprint density at radius 2 is 2.00 bits per heavy atom. The molecule has 0 radical (unpaired) electrons. The quantitative estimate of drug-likeness (QED) is 0.210. The van der Waals surface area contributed by atoms with E-state index in [-0.39, 0.29) is 18.2 Å². The van der Waals surface area contributed by atoms with E-state index < -0.39 is 17.3 Å². The van der Waals surface area contributed by atoms with Crippen LogP contribution in [0.5, 0.6) is 0 Å². The first-order chi connectivity index (χ1) is 13.7. The molecule has 0 amide bonds. The summed E-state index contributed by atoms with van der Waals surface area (Å²) in [5, 5.41) is 9.29. The molecule has 1 saturated carbocycles. The molecule has 0 heterocycles. The van der Waals surface area contributed by atoms with Gasteiger partial charge in [0.25, 0.3) is 0 Å². The van der Waals surface area contributed by atoms with E-state index in [2.05, 4.69) is 26.0 Å². The third-order valence-corrected chi connectivity index (χ3v) is 5.62. The van der Waals surface area contributed by atoms with E-state index in [9.17, 15) is 19.5 Å². The lowest BCUT2D eigenvalue weighted by molar-refractivity contribution is -0.138. The van der Waals surface area contributed by atoms with Crippen molar-refractivity contribution in [3.05, 3.63) is 23.8 Å². The molecule has 5 nitrogen and oxygen atoms in total. The Morgan fingerprint density at radius 3 is 2.55 bits per heavy atom. The van der Waals surface area contributed by atoms with Gasteiger partial charge in [0.05, 0.1) is 7.11 Å². The molecule has 0 saturated heterocycles. The Bertz CT molecular complexity index is 617. The fourth-order valence-electron chi connectivity index (χ4n) is 3.80. The second-order valence-corrected chi connectivity index (χ2v) is 8.66. The van der Waals surface area contributed by atoms with E-state index in [1.54, 1.807) is 6.08 Å². The van der Waals surface area contributed by atoms with Gasteiger partial charge in [-0.1, -0.05) is 32.1 Å². The molecule has 0 aromatic rings. The summed E-state index contributed by atoms with van der Waals surface area (Å²) in [6.07, 6.45) is 11.7. The van der Waals surface area contributed by atoms with Gasteiger partial charge in [0.1, 0.15) is 11.6 Å². The number of methoxy groups -OCH3 is 1. The molecule has 1 fully saturated rings. The highest BCUT2D eigenvalue weighted by Crippen LogP contribution is 2.36. The van der Waals surface area contributed by atoms with E-state index in [1.807, 2.05) is 6.92 Å². The van der Waals surface area contributed by atoms with E-state index >= 15 is 0 Å². The number of hydrogen-bond donors (Lipinski definition) is 1. The molecule has 1 N–H and O–H groups in total. The Hall–Kier alpha value is -1.75. The van der Waals surface area contributed by atoms with Crippen LogP contribution in [0.15, 0.2) is 23.8 Å². The van der Waals surface area contributed by atoms with Crippen LogP contribution in [-0.4, -0.2) is 36.4 Å². The molecule has 0 spiro atoms. The maximum atomic E-state index is 13.1. The van der Waals surface area contributed by atoms with Crippen LogP contribution in [0.25, 0.3) is 0 Å². The standard InChI is InChI=1S/C24H38O5/c1-18(2)11-7-5-6-8-14-22(27)24(3,15-10-16-25)17-20(23(28)29-4)19-12-9-13-21(19)26/h5,7,17-19,25H,6,8-16H2,1-4H3/t19-,24+/m0/s1. The van der Waals surface area contributed by atoms with Gasteiger partial charge in [-0.2, -0.15) is 0 Å². The predicted molar refractivity (Wildman–Crippen MR) is 114 cm³/mol. The van der Waals surface area contributed by atoms with Crippen molar-refractivity contribution in [3.8, 4) is 0 Å². The van der Waals surface area contributed by atoms with Crippen molar-refractivity contribution in [3.63, 3.8) is 0 Å². The number of rotatable bonds is 13. The third-order valence-electron chi connectivity index (χ3n) is 5.62. The number of carbonyl (C=O) groups excluding carboxylic acids is 3. The molecule has 164 valence electrons. The number of allylic oxidation sites excluding steroid dienone is 3. The molecular formula is C24H38O5. The number of hydrogen-bond acceptors (Lipinski definition) is 5. The van der Waals surface area contributed by atoms with Crippen LogP contribution in [0.1, 0.15) is 78.6 Å². The molecular weight excluding hydrogens is 368 g/mol. The number of esters is 1. The van der Waals surface area contributed by atoms with Gasteiger partial charge >= 0.3 is 5.97 Å². The van der Waals surface area contributed by atoms with E-state index in [0.717, 1.165) is 25.7 Å². The zero-order valence-corrected chi connectivity index (χ0v) is 18.5. The van der Waals surface area contributed by atoms with Crippen LogP contribution in [0.2, 0.25) is 0 Å². The highest BCUT2D eigenvalue weighted by molar-refractivity contribution is 6.00. The van der Waals surface area contributed by atoms with E-state index in [0.29, 0.717) is 43.6 Å². The summed E-state index contributed by atoms with van der Waals surface area (Å²) < 4.78 is 4.92. The van der Waals surface area contributed by atoms with Crippen molar-refractivity contribution in [2.75, 3.05) is 13.7 Å². The Kier molecular flexibility index (Phi) is 11.1. The van der Waals surface area contributed by atoms with Gasteiger partial charge in [0, 0.05) is 36.4 Å². The molecule has 1 aliphatic rings. The Balaban J connectivity index is 2.95. The Morgan fingerprint density at radius 1 is 1.28 bits per heavy atom. The number of ketones is 2. The lowest BCUT2D eigenvalue weighted by Gasteiger charge is -2.27. The zero-order valence-electron chi connectivity index (χ0n) is 18.5. The summed E-state index contributed by atoms with van der Waals surface area (Å²) in [4.78, 5) is 37.7. The van der Waals surface area contributed by atoms with Crippen molar-refractivity contribution in [1.29, 1.82) is 0 Å². The molecule has 1 rings (SSSR count). The number of ether oxygens (including phenoxy) is 1. The topological polar surface area (TPSA) is 80.7 Å². The van der Waals surface area contributed by atoms with Crippen molar-refractivity contribution in [1.82, 2.24) is 0 Å². The fraction of sp³-hybridized carbons (Fsp3) is 0.708. The van der Waals surface area contributed by atoms with Gasteiger partial charge in [0.15, 0.2) is 0 Å². The molecule has 29 heavy (non-hydrogen) atoms. The van der Waals surface area contributed by atoms with Crippen LogP contribution in [0.3, 0.4) is 0 Å². The molecule has 0 aromatic carbocycles. The summed E-state index contributed by atoms with van der Waals surface area (Å²) in [7, 11) is 1.30. The van der Waals surface area contributed by atoms with Crippen molar-refractivity contribution in [2.24, 2.45) is 17.3 Å². The molecule has 1 aliphatic carbocycles. The number of aliphatic hydroxyl groups is 1. The van der Waals surface area contributed by atoms with Crippen molar-refractivity contribution < 1.29 is 24.2 Å². The SMILES string of the molecule is COC(=O)C(=C[C@@](C)(CCCO)C(=O)CCCC=CCC(C)C)[C@@H]1CCCC1=O. The summed E-state index contributed by atoms with van der Waals surface area (Å²) in [6.45, 7) is 6.12. The van der Waals surface area contributed by atoms with Gasteiger partial charge in [-0.05, 0) is 57.8 Å². The smallest absolute Gasteiger partial charge is 0.334 e. The van der Waals surface area contributed by atoms with Gasteiger partial charge in [-0.15, -0.1) is 0 Å². The molecule has 0 aromatic heterocycles. The second-order valence-electron chi connectivity index (χ2n) is 8.66. The highest BCUT2D eigenvalue weighted by atomic mass is 16.5. The van der Waals surface area contributed by atoms with Crippen molar-refractivity contribution >= 4 is 17.5 Å². The number of carbonyl (C=O) groups is 3. The van der Waals surface area contributed by atoms with Crippen LogP contribution in [0, 0.1) is 17.3 Å². The minimum Gasteiger partial charge on any atom is -0.466 e. The average Bonchev–Trinajstić information content (AvgIpc) is 3.11. The van der Waals surface area contributed by atoms with E-state index in [4.69, 9.17) is 4.74 Å². The summed E-state index contributed by atoms with van der Waals surface area (Å²) >= 11 is 0. The summed E-state index contributed by atoms with van der Waals surface area (Å²) in [5.41, 5.74) is -0.586. The lowest BCUT2D eigenvalue weighted by Crippen LogP contribution is -2.29. The monoisotopic (exact) mass is 406 g/mol. The van der Waals surface area contributed by atoms with Crippen LogP contribution < -0.4 is 0 Å². The maximum absolute atomic E-state index is 13.1. The van der Waals surface area contributed by atoms with Crippen LogP contribution in [0.4, 0.5) is 0 Å². The Labute approximate surface area is 175 Å². The van der Waals surface area contributed by atoms with Crippen LogP contribution in [-0.2, 0) is 19.1 Å². The molecule has 0 aliphatic heterocycles. The minimum atomic E-state index is -0.892. The normalized spacial score (nSPS) is 19.7. The van der Waals surface area contributed by atoms with Crippen molar-refractivity contribution in [2.45, 2.75) is 78.6 Å². The first-order valence-corrected chi connectivity index (χ1v) is 10.9. The highest BCUT2D eigenvalue weighted by Gasteiger charge is 2.37. The first-order valence-electron chi connectivity index (χ1n) is 10.9. The van der Waals surface area contributed by atoms with E-state index in [1.165, 1.54) is 7.11 Å². The number of aliphatic hydroxyl groups excluding tert-OH is 1. The predicted octanol–water partition coefficient (Wildman–Crippen LogP) is 4.58. The average molecular weight is 407 g/mol. The molecule has 0 unspecified atom stereocenters. The van der Waals surface area contributed by atoms with Gasteiger partial charge in [-0.3, -0.25) is 9.59 Å². The number of Topliss-reactive ketones (excluding diaryl/α,β-unsaturated/α-hetero) is 2. The lowest BCUT2D eigenvalue weighted by atomic mass is 9.76. The molecule has 0 bridgehead atoms. The zero-order chi connectivity index (χ0) is 21.9. The fourth-order valence-corrected chi connectivity index (χ4v) is 3.80. The maximum Gasteiger partial charge on any atom is 0.334 e. The largest absolute Gasteiger partial charge is 0.466 e. The van der Waals surface area contributed by atoms with Gasteiger partial charge in [-0.25, -0.2) is 4.79 Å². The second kappa shape index (κ2) is 12.7. The summed E-state index contributed by atoms with van der Waals surface area (Å²) in [5.74, 6) is -0.327. The molecule has 5 heteroatoms. The van der Waals surface area contributed by atoms with Gasteiger partial charge in [0.2, 0.25) is 0 Å². The minimum absolute atomic E-state index is 0.0232. The first kappa shape index (κ1) is 25.3. The number of unbranched alkanes of at least 4 members (excludes halogenated alkanes) is 1. The summed E-state index contributed by atoms with van der Waals surface area (Å²) in [6, 6.07) is 0. The van der Waals surface area contributed by atoms with Gasteiger partial charge < -0.3 is 9.84 Å². The van der Waals surface area contributed by atoms with Crippen LogP contribution >= 0.6 is 0 Å². The molecule has 2 atom stereocenters. The third kappa shape index (κ3) is 8.25.